The summed E-state index contributed by atoms with van der Waals surface area (Å²) in [5, 5.41) is 14.8. The molecule has 1 aromatic rings. The summed E-state index contributed by atoms with van der Waals surface area (Å²) in [6.45, 7) is 6.08. The molecule has 0 bridgehead atoms. The van der Waals surface area contributed by atoms with E-state index in [4.69, 9.17) is 24.5 Å². The summed E-state index contributed by atoms with van der Waals surface area (Å²) in [5.74, 6) is -1.86. The van der Waals surface area contributed by atoms with Crippen LogP contribution < -0.4 is 4.74 Å². The van der Waals surface area contributed by atoms with Gasteiger partial charge in [0.25, 0.3) is 5.91 Å². The number of carbonyl (C=O) groups excluding carboxylic acids is 1. The van der Waals surface area contributed by atoms with Crippen molar-refractivity contribution in [2.45, 2.75) is 38.6 Å². The molecular weight excluding hydrogens is 376 g/mol. The minimum Gasteiger partial charge on any atom is -0.497 e. The lowest BCUT2D eigenvalue weighted by molar-refractivity contribution is -0.159. The number of hydrogen-bond donors (Lipinski definition) is 2. The highest BCUT2D eigenvalue weighted by atomic mass is 16.5. The van der Waals surface area contributed by atoms with E-state index in [1.54, 1.807) is 7.11 Å². The Balaban J connectivity index is 0.000000438. The van der Waals surface area contributed by atoms with Gasteiger partial charge < -0.3 is 19.8 Å². The molecule has 2 N–H and O–H groups in total. The second-order valence-electron chi connectivity index (χ2n) is 7.59. The molecule has 1 saturated carbocycles. The van der Waals surface area contributed by atoms with Crippen LogP contribution in [0.4, 0.5) is 0 Å². The van der Waals surface area contributed by atoms with Crippen molar-refractivity contribution in [3.05, 3.63) is 29.8 Å². The van der Waals surface area contributed by atoms with Gasteiger partial charge in [-0.1, -0.05) is 19.8 Å². The average Bonchev–Trinajstić information content (AvgIpc) is 2.74. The summed E-state index contributed by atoms with van der Waals surface area (Å²) in [6.07, 6.45) is 5.40. The highest BCUT2D eigenvalue weighted by Crippen LogP contribution is 2.28. The quantitative estimate of drug-likeness (QED) is 0.741. The third-order valence-electron chi connectivity index (χ3n) is 5.55. The van der Waals surface area contributed by atoms with Gasteiger partial charge in [-0.05, 0) is 43.0 Å². The van der Waals surface area contributed by atoms with Crippen LogP contribution in [0, 0.1) is 5.92 Å². The summed E-state index contributed by atoms with van der Waals surface area (Å²) in [4.78, 5) is 35.4. The first kappa shape index (κ1) is 22.7. The Bertz CT molecular complexity index is 686. The molecule has 0 radical (unpaired) electrons. The number of piperazine rings is 1. The van der Waals surface area contributed by atoms with Gasteiger partial charge in [0.05, 0.1) is 7.11 Å². The zero-order chi connectivity index (χ0) is 21.4. The highest BCUT2D eigenvalue weighted by molar-refractivity contribution is 6.27. The molecule has 8 heteroatoms. The molecular formula is C21H30N2O6. The maximum atomic E-state index is 12.6. The van der Waals surface area contributed by atoms with Crippen LogP contribution in [0.5, 0.6) is 5.75 Å². The lowest BCUT2D eigenvalue weighted by atomic mass is 9.86. The van der Waals surface area contributed by atoms with Gasteiger partial charge in [-0.25, -0.2) is 9.59 Å². The normalized spacial score (nSPS) is 22.2. The Morgan fingerprint density at radius 2 is 1.55 bits per heavy atom. The molecule has 1 aliphatic heterocycles. The Hall–Kier alpha value is -2.61. The van der Waals surface area contributed by atoms with Gasteiger partial charge in [0.15, 0.2) is 0 Å². The second kappa shape index (κ2) is 10.8. The summed E-state index contributed by atoms with van der Waals surface area (Å²) in [5.41, 5.74) is 0.755. The first-order valence-corrected chi connectivity index (χ1v) is 9.95. The minimum atomic E-state index is -1.82. The number of benzene rings is 1. The van der Waals surface area contributed by atoms with Gasteiger partial charge in [-0.15, -0.1) is 0 Å². The predicted octanol–water partition coefficient (Wildman–Crippen LogP) is 2.19. The Morgan fingerprint density at radius 1 is 0.966 bits per heavy atom. The van der Waals surface area contributed by atoms with Gasteiger partial charge in [0.2, 0.25) is 0 Å². The van der Waals surface area contributed by atoms with Crippen molar-refractivity contribution in [1.29, 1.82) is 0 Å². The molecule has 1 amide bonds. The molecule has 2 aliphatic rings. The predicted molar refractivity (Wildman–Crippen MR) is 107 cm³/mol. The number of nitrogens with zero attached hydrogens (tertiary/aromatic N) is 2. The van der Waals surface area contributed by atoms with E-state index in [0.29, 0.717) is 0 Å². The Labute approximate surface area is 171 Å². The van der Waals surface area contributed by atoms with Crippen LogP contribution >= 0.6 is 0 Å². The number of rotatable bonds is 3. The standard InChI is InChI=1S/C19H28N2O2.C2H2O4/c1-15-4-3-5-17(14-15)20-10-12-21(13-11-20)19(22)16-6-8-18(23-2)9-7-16;3-1(4)2(5)6/h6-9,15,17H,3-5,10-14H2,1-2H3;(H,3,4)(H,5,6). The van der Waals surface area contributed by atoms with Crippen molar-refractivity contribution in [3.8, 4) is 5.75 Å². The third-order valence-corrected chi connectivity index (χ3v) is 5.55. The van der Waals surface area contributed by atoms with Crippen molar-refractivity contribution in [2.75, 3.05) is 33.3 Å². The first-order chi connectivity index (χ1) is 13.8. The maximum Gasteiger partial charge on any atom is 0.414 e. The molecule has 8 nitrogen and oxygen atoms in total. The lowest BCUT2D eigenvalue weighted by Crippen LogP contribution is -2.52. The van der Waals surface area contributed by atoms with E-state index >= 15 is 0 Å². The molecule has 2 atom stereocenters. The summed E-state index contributed by atoms with van der Waals surface area (Å²) in [7, 11) is 1.64. The summed E-state index contributed by atoms with van der Waals surface area (Å²) >= 11 is 0. The summed E-state index contributed by atoms with van der Waals surface area (Å²) in [6, 6.07) is 8.16. The molecule has 0 aromatic heterocycles. The van der Waals surface area contributed by atoms with Crippen LogP contribution in [-0.4, -0.2) is 77.2 Å². The van der Waals surface area contributed by atoms with E-state index in [1.807, 2.05) is 29.2 Å². The SMILES string of the molecule is COc1ccc(C(=O)N2CCN(C3CCCC(C)C3)CC2)cc1.O=C(O)C(=O)O. The Kier molecular flexibility index (Phi) is 8.45. The molecule has 29 heavy (non-hydrogen) atoms. The molecule has 0 spiro atoms. The monoisotopic (exact) mass is 406 g/mol. The number of carboxylic acid groups (broad SMARTS) is 2. The van der Waals surface area contributed by atoms with Crippen molar-refractivity contribution in [3.63, 3.8) is 0 Å². The number of carbonyl (C=O) groups is 3. The minimum absolute atomic E-state index is 0.143. The van der Waals surface area contributed by atoms with Crippen LogP contribution in [0.3, 0.4) is 0 Å². The maximum absolute atomic E-state index is 12.6. The van der Waals surface area contributed by atoms with Gasteiger partial charge in [-0.3, -0.25) is 9.69 Å². The number of amides is 1. The number of aliphatic carboxylic acids is 2. The fraction of sp³-hybridized carbons (Fsp3) is 0.571. The van der Waals surface area contributed by atoms with Crippen molar-refractivity contribution < 1.29 is 29.3 Å². The van der Waals surface area contributed by atoms with Crippen LogP contribution in [0.25, 0.3) is 0 Å². The first-order valence-electron chi connectivity index (χ1n) is 9.95. The van der Waals surface area contributed by atoms with E-state index in [2.05, 4.69) is 11.8 Å². The van der Waals surface area contributed by atoms with Gasteiger partial charge in [-0.2, -0.15) is 0 Å². The van der Waals surface area contributed by atoms with E-state index in [0.717, 1.165) is 49.5 Å². The van der Waals surface area contributed by atoms with Crippen molar-refractivity contribution in [1.82, 2.24) is 9.80 Å². The average molecular weight is 406 g/mol. The van der Waals surface area contributed by atoms with E-state index in [9.17, 15) is 4.79 Å². The molecule has 1 aromatic carbocycles. The summed E-state index contributed by atoms with van der Waals surface area (Å²) < 4.78 is 5.15. The Morgan fingerprint density at radius 3 is 2.03 bits per heavy atom. The number of ether oxygens (including phenoxy) is 1. The molecule has 1 heterocycles. The van der Waals surface area contributed by atoms with Crippen molar-refractivity contribution in [2.24, 2.45) is 5.92 Å². The molecule has 2 fully saturated rings. The number of methoxy groups -OCH3 is 1. The van der Waals surface area contributed by atoms with Crippen molar-refractivity contribution >= 4 is 17.8 Å². The van der Waals surface area contributed by atoms with Crippen LogP contribution in [0.15, 0.2) is 24.3 Å². The smallest absolute Gasteiger partial charge is 0.414 e. The van der Waals surface area contributed by atoms with Gasteiger partial charge in [0, 0.05) is 37.8 Å². The lowest BCUT2D eigenvalue weighted by Gasteiger charge is -2.42. The molecule has 2 unspecified atom stereocenters. The van der Waals surface area contributed by atoms with Crippen LogP contribution in [0.2, 0.25) is 0 Å². The van der Waals surface area contributed by atoms with Gasteiger partial charge >= 0.3 is 11.9 Å². The van der Waals surface area contributed by atoms with Crippen LogP contribution in [-0.2, 0) is 9.59 Å². The molecule has 1 aliphatic carbocycles. The number of carboxylic acids is 2. The molecule has 1 saturated heterocycles. The van der Waals surface area contributed by atoms with E-state index in [-0.39, 0.29) is 5.91 Å². The van der Waals surface area contributed by atoms with E-state index in [1.165, 1.54) is 25.7 Å². The molecule has 3 rings (SSSR count). The molecule has 160 valence electrons. The zero-order valence-electron chi connectivity index (χ0n) is 17.0. The fourth-order valence-corrected chi connectivity index (χ4v) is 3.94. The topological polar surface area (TPSA) is 107 Å². The van der Waals surface area contributed by atoms with Crippen LogP contribution in [0.1, 0.15) is 43.0 Å². The highest BCUT2D eigenvalue weighted by Gasteiger charge is 2.29. The number of hydrogen-bond acceptors (Lipinski definition) is 5. The van der Waals surface area contributed by atoms with Gasteiger partial charge in [0.1, 0.15) is 5.75 Å². The zero-order valence-corrected chi connectivity index (χ0v) is 17.0. The second-order valence-corrected chi connectivity index (χ2v) is 7.59. The van der Waals surface area contributed by atoms with E-state index < -0.39 is 11.9 Å². The largest absolute Gasteiger partial charge is 0.497 e. The fourth-order valence-electron chi connectivity index (χ4n) is 3.94. The third kappa shape index (κ3) is 6.74.